The number of hydrogen-bond acceptors (Lipinski definition) is 4. The third kappa shape index (κ3) is 3.94. The van der Waals surface area contributed by atoms with Gasteiger partial charge in [-0.3, -0.25) is 0 Å². The van der Waals surface area contributed by atoms with Crippen LogP contribution in [-0.2, 0) is 17.1 Å². The number of hydrogen-bond donors (Lipinski definition) is 1. The van der Waals surface area contributed by atoms with Gasteiger partial charge in [0.15, 0.2) is 5.03 Å². The molecule has 0 radical (unpaired) electrons. The van der Waals surface area contributed by atoms with Gasteiger partial charge in [-0.1, -0.05) is 0 Å². The second-order valence-corrected chi connectivity index (χ2v) is 7.00. The molecule has 20 heavy (non-hydrogen) atoms. The number of nitrogens with zero attached hydrogens (tertiary/aromatic N) is 3. The average molecular weight is 323 g/mol. The van der Waals surface area contributed by atoms with Crippen LogP contribution >= 0.6 is 12.4 Å². The van der Waals surface area contributed by atoms with Gasteiger partial charge in [0.2, 0.25) is 0 Å². The Kier molecular flexibility index (Phi) is 6.44. The molecule has 6 nitrogen and oxygen atoms in total. The van der Waals surface area contributed by atoms with Crippen molar-refractivity contribution in [2.45, 2.75) is 24.3 Å². The molecule has 2 rings (SSSR count). The maximum Gasteiger partial charge on any atom is 0.262 e. The first kappa shape index (κ1) is 17.4. The summed E-state index contributed by atoms with van der Waals surface area (Å²) in [5, 5.41) is 3.30. The van der Waals surface area contributed by atoms with Gasteiger partial charge in [0.25, 0.3) is 10.0 Å². The molecule has 1 aliphatic rings. The van der Waals surface area contributed by atoms with Crippen LogP contribution in [0.15, 0.2) is 17.6 Å². The number of nitrogens with one attached hydrogen (secondary N) is 1. The zero-order chi connectivity index (χ0) is 13.9. The summed E-state index contributed by atoms with van der Waals surface area (Å²) >= 11 is 0. The summed E-state index contributed by atoms with van der Waals surface area (Å²) in [6.45, 7) is 2.21. The second-order valence-electron chi connectivity index (χ2n) is 5.12. The second kappa shape index (κ2) is 7.40. The van der Waals surface area contributed by atoms with Gasteiger partial charge in [-0.2, -0.15) is 4.31 Å². The topological polar surface area (TPSA) is 67.2 Å². The van der Waals surface area contributed by atoms with Crippen molar-refractivity contribution in [2.75, 3.05) is 26.7 Å². The van der Waals surface area contributed by atoms with Gasteiger partial charge < -0.3 is 9.88 Å². The van der Waals surface area contributed by atoms with Crippen molar-refractivity contribution in [1.82, 2.24) is 19.2 Å². The van der Waals surface area contributed by atoms with E-state index in [1.807, 2.05) is 7.05 Å². The number of imidazole rings is 1. The van der Waals surface area contributed by atoms with Gasteiger partial charge in [0.1, 0.15) is 0 Å². The number of halogens is 1. The van der Waals surface area contributed by atoms with Crippen LogP contribution < -0.4 is 5.32 Å². The molecule has 116 valence electrons. The van der Waals surface area contributed by atoms with Crippen LogP contribution in [0.25, 0.3) is 0 Å². The van der Waals surface area contributed by atoms with E-state index in [2.05, 4.69) is 10.3 Å². The van der Waals surface area contributed by atoms with E-state index in [4.69, 9.17) is 0 Å². The smallest absolute Gasteiger partial charge is 0.262 e. The van der Waals surface area contributed by atoms with Crippen molar-refractivity contribution in [3.63, 3.8) is 0 Å². The molecule has 1 saturated heterocycles. The Morgan fingerprint density at radius 2 is 2.05 bits per heavy atom. The lowest BCUT2D eigenvalue weighted by Crippen LogP contribution is -2.39. The van der Waals surface area contributed by atoms with Crippen molar-refractivity contribution in [2.24, 2.45) is 13.0 Å². The molecular weight excluding hydrogens is 300 g/mol. The van der Waals surface area contributed by atoms with Crippen molar-refractivity contribution in [3.8, 4) is 0 Å². The van der Waals surface area contributed by atoms with Crippen LogP contribution in [0.3, 0.4) is 0 Å². The molecule has 1 aliphatic heterocycles. The Hall–Kier alpha value is -0.630. The Bertz CT molecular complexity index is 509. The zero-order valence-corrected chi connectivity index (χ0v) is 13.6. The fourth-order valence-electron chi connectivity index (χ4n) is 2.44. The van der Waals surface area contributed by atoms with E-state index >= 15 is 0 Å². The SMILES string of the molecule is CNCCC1CCN(S(=O)(=O)c2cn(C)cn2)CC1.Cl. The summed E-state index contributed by atoms with van der Waals surface area (Å²) in [6, 6.07) is 0. The van der Waals surface area contributed by atoms with E-state index in [0.717, 1.165) is 25.8 Å². The first-order chi connectivity index (χ1) is 9.04. The molecule has 2 heterocycles. The number of sulfonamides is 1. The van der Waals surface area contributed by atoms with Gasteiger partial charge in [0, 0.05) is 26.3 Å². The summed E-state index contributed by atoms with van der Waals surface area (Å²) < 4.78 is 27.9. The molecule has 1 aromatic rings. The minimum Gasteiger partial charge on any atom is -0.339 e. The molecular formula is C12H23ClN4O2S. The molecule has 1 aromatic heterocycles. The predicted molar refractivity (Wildman–Crippen MR) is 80.5 cm³/mol. The first-order valence-corrected chi connectivity index (χ1v) is 8.10. The Labute approximate surface area is 127 Å². The van der Waals surface area contributed by atoms with E-state index in [1.165, 1.54) is 6.33 Å². The minimum atomic E-state index is -3.40. The lowest BCUT2D eigenvalue weighted by atomic mass is 9.95. The lowest BCUT2D eigenvalue weighted by molar-refractivity contribution is 0.262. The van der Waals surface area contributed by atoms with E-state index in [1.54, 1.807) is 22.1 Å². The molecule has 0 bridgehead atoms. The Morgan fingerprint density at radius 1 is 1.40 bits per heavy atom. The van der Waals surface area contributed by atoms with Crippen molar-refractivity contribution < 1.29 is 8.42 Å². The predicted octanol–water partition coefficient (Wildman–Crippen LogP) is 0.852. The molecule has 0 unspecified atom stereocenters. The molecule has 0 amide bonds. The molecule has 1 fully saturated rings. The van der Waals surface area contributed by atoms with Crippen molar-refractivity contribution in [3.05, 3.63) is 12.5 Å². The van der Waals surface area contributed by atoms with Crippen LogP contribution in [0.4, 0.5) is 0 Å². The van der Waals surface area contributed by atoms with Crippen LogP contribution in [0, 0.1) is 5.92 Å². The number of aromatic nitrogens is 2. The third-order valence-corrected chi connectivity index (χ3v) is 5.45. The molecule has 1 N–H and O–H groups in total. The van der Waals surface area contributed by atoms with Crippen LogP contribution in [0.5, 0.6) is 0 Å². The largest absolute Gasteiger partial charge is 0.339 e. The minimum absolute atomic E-state index is 0. The van der Waals surface area contributed by atoms with Crippen LogP contribution in [-0.4, -0.2) is 49.0 Å². The zero-order valence-electron chi connectivity index (χ0n) is 11.9. The number of rotatable bonds is 5. The normalized spacial score (nSPS) is 17.9. The van der Waals surface area contributed by atoms with Crippen molar-refractivity contribution >= 4 is 22.4 Å². The fraction of sp³-hybridized carbons (Fsp3) is 0.750. The monoisotopic (exact) mass is 322 g/mol. The van der Waals surface area contributed by atoms with Gasteiger partial charge in [-0.05, 0) is 38.8 Å². The van der Waals surface area contributed by atoms with E-state index in [0.29, 0.717) is 19.0 Å². The van der Waals surface area contributed by atoms with Crippen LogP contribution in [0.2, 0.25) is 0 Å². The molecule has 0 atom stereocenters. The maximum absolute atomic E-state index is 12.4. The van der Waals surface area contributed by atoms with Gasteiger partial charge in [-0.15, -0.1) is 12.4 Å². The molecule has 0 aliphatic carbocycles. The van der Waals surface area contributed by atoms with Crippen LogP contribution in [0.1, 0.15) is 19.3 Å². The van der Waals surface area contributed by atoms with Gasteiger partial charge >= 0.3 is 0 Å². The highest BCUT2D eigenvalue weighted by atomic mass is 35.5. The molecule has 0 saturated carbocycles. The fourth-order valence-corrected chi connectivity index (χ4v) is 3.88. The van der Waals surface area contributed by atoms with Gasteiger partial charge in [0.05, 0.1) is 6.33 Å². The summed E-state index contributed by atoms with van der Waals surface area (Å²) in [4.78, 5) is 3.95. The highest BCUT2D eigenvalue weighted by Crippen LogP contribution is 2.24. The lowest BCUT2D eigenvalue weighted by Gasteiger charge is -2.30. The molecule has 0 spiro atoms. The third-order valence-electron chi connectivity index (χ3n) is 3.66. The highest BCUT2D eigenvalue weighted by Gasteiger charge is 2.30. The summed E-state index contributed by atoms with van der Waals surface area (Å²) in [5.41, 5.74) is 0. The average Bonchev–Trinajstić information content (AvgIpc) is 2.84. The number of piperidine rings is 1. The quantitative estimate of drug-likeness (QED) is 0.873. The van der Waals surface area contributed by atoms with E-state index in [-0.39, 0.29) is 17.4 Å². The number of aryl methyl sites for hydroxylation is 1. The van der Waals surface area contributed by atoms with E-state index in [9.17, 15) is 8.42 Å². The van der Waals surface area contributed by atoms with Gasteiger partial charge in [-0.25, -0.2) is 13.4 Å². The van der Waals surface area contributed by atoms with E-state index < -0.39 is 10.0 Å². The summed E-state index contributed by atoms with van der Waals surface area (Å²) in [6.07, 6.45) is 6.07. The van der Waals surface area contributed by atoms with Crippen molar-refractivity contribution in [1.29, 1.82) is 0 Å². The first-order valence-electron chi connectivity index (χ1n) is 6.66. The maximum atomic E-state index is 12.4. The standard InChI is InChI=1S/C12H22N4O2S.ClH/c1-13-6-3-11-4-7-16(8-5-11)19(17,18)12-9-15(2)10-14-12;/h9-11,13H,3-8H2,1-2H3;1H. The molecule has 8 heteroatoms. The Morgan fingerprint density at radius 3 is 2.55 bits per heavy atom. The Balaban J connectivity index is 0.00000200. The summed E-state index contributed by atoms with van der Waals surface area (Å²) in [5.74, 6) is 0.627. The highest BCUT2D eigenvalue weighted by molar-refractivity contribution is 7.89. The summed E-state index contributed by atoms with van der Waals surface area (Å²) in [7, 11) is 0.320. The molecule has 0 aromatic carbocycles.